The quantitative estimate of drug-likeness (QED) is 0.699. The van der Waals surface area contributed by atoms with Crippen LogP contribution in [0, 0.1) is 13.0 Å². The molecule has 1 aromatic carbocycles. The van der Waals surface area contributed by atoms with Crippen LogP contribution in [0.25, 0.3) is 0 Å². The summed E-state index contributed by atoms with van der Waals surface area (Å²) < 4.78 is 0. The third kappa shape index (κ3) is 2.79. The Bertz CT molecular complexity index is 216. The van der Waals surface area contributed by atoms with E-state index in [0.29, 0.717) is 5.92 Å². The molecule has 0 aliphatic heterocycles. The van der Waals surface area contributed by atoms with Gasteiger partial charge in [0.2, 0.25) is 0 Å². The summed E-state index contributed by atoms with van der Waals surface area (Å²) in [5, 5.41) is 0. The Morgan fingerprint density at radius 3 is 2.36 bits per heavy atom. The second-order valence-electron chi connectivity index (χ2n) is 2.92. The summed E-state index contributed by atoms with van der Waals surface area (Å²) in [7, 11) is 0. The van der Waals surface area contributed by atoms with Crippen LogP contribution in [-0.4, -0.2) is 0 Å². The minimum Gasteiger partial charge on any atom is -0.180 e. The van der Waals surface area contributed by atoms with Gasteiger partial charge in [-0.2, -0.15) is 35.4 Å². The normalized spacial score (nSPS) is 9.45. The van der Waals surface area contributed by atoms with Gasteiger partial charge in [-0.25, -0.2) is 0 Å². The summed E-state index contributed by atoms with van der Waals surface area (Å²) in [6.45, 7) is 6.52. The van der Waals surface area contributed by atoms with E-state index in [4.69, 9.17) is 0 Å². The van der Waals surface area contributed by atoms with Crippen LogP contribution in [0.1, 0.15) is 30.9 Å². The van der Waals surface area contributed by atoms with Crippen molar-refractivity contribution < 1.29 is 21.1 Å². The smallest absolute Gasteiger partial charge is 0 e. The van der Waals surface area contributed by atoms with Gasteiger partial charge in [0.05, 0.1) is 0 Å². The van der Waals surface area contributed by atoms with Gasteiger partial charge in [0.25, 0.3) is 0 Å². The van der Waals surface area contributed by atoms with Gasteiger partial charge in [0.15, 0.2) is 0 Å². The van der Waals surface area contributed by atoms with Crippen molar-refractivity contribution in [3.05, 3.63) is 35.4 Å². The molecule has 0 saturated heterocycles. The first-order valence-corrected chi connectivity index (χ1v) is 3.69. The SMILES string of the molecule is Cc1ccc[c-]c1C(C)C.[W]. The predicted molar refractivity (Wildman–Crippen MR) is 44.1 cm³/mol. The van der Waals surface area contributed by atoms with Crippen LogP contribution in [0.5, 0.6) is 0 Å². The number of aryl methyl sites for hydroxylation is 1. The molecule has 0 spiro atoms. The molecule has 0 radical (unpaired) electrons. The standard InChI is InChI=1S/C10H13.W/c1-8(2)10-7-5-4-6-9(10)3;/h4-6,8H,1-3H3;/q-1;. The second kappa shape index (κ2) is 4.72. The molecule has 1 heteroatoms. The van der Waals surface area contributed by atoms with Gasteiger partial charge in [-0.1, -0.05) is 20.8 Å². The maximum absolute atomic E-state index is 3.24. The van der Waals surface area contributed by atoms with Crippen LogP contribution in [0.15, 0.2) is 18.2 Å². The number of hydrogen-bond acceptors (Lipinski definition) is 0. The number of benzene rings is 1. The molecule has 0 aliphatic carbocycles. The zero-order valence-corrected chi connectivity index (χ0v) is 10.2. The average Bonchev–Trinajstić information content (AvgIpc) is 1.88. The summed E-state index contributed by atoms with van der Waals surface area (Å²) in [4.78, 5) is 0. The largest absolute Gasteiger partial charge is 0.180 e. The topological polar surface area (TPSA) is 0 Å². The second-order valence-corrected chi connectivity index (χ2v) is 2.92. The van der Waals surface area contributed by atoms with Crippen LogP contribution in [0.3, 0.4) is 0 Å². The monoisotopic (exact) mass is 317 g/mol. The Labute approximate surface area is 83.3 Å². The molecule has 0 heterocycles. The fraction of sp³-hybridized carbons (Fsp3) is 0.400. The first-order chi connectivity index (χ1) is 4.72. The van der Waals surface area contributed by atoms with E-state index >= 15 is 0 Å². The Morgan fingerprint density at radius 1 is 1.36 bits per heavy atom. The van der Waals surface area contributed by atoms with Crippen LogP contribution in [-0.2, 0) is 21.1 Å². The average molecular weight is 317 g/mol. The predicted octanol–water partition coefficient (Wildman–Crippen LogP) is 2.92. The van der Waals surface area contributed by atoms with Gasteiger partial charge in [-0.15, -0.1) is 0 Å². The van der Waals surface area contributed by atoms with E-state index in [-0.39, 0.29) is 21.1 Å². The minimum absolute atomic E-state index is 0. The molecule has 60 valence electrons. The van der Waals surface area contributed by atoms with E-state index in [2.05, 4.69) is 32.9 Å². The Hall–Kier alpha value is -0.0917. The molecule has 0 aliphatic rings. The fourth-order valence-corrected chi connectivity index (χ4v) is 1.16. The van der Waals surface area contributed by atoms with Crippen molar-refractivity contribution in [1.29, 1.82) is 0 Å². The Kier molecular flexibility index (Phi) is 4.68. The molecule has 11 heavy (non-hydrogen) atoms. The number of rotatable bonds is 1. The van der Waals surface area contributed by atoms with Gasteiger partial charge in [0.1, 0.15) is 0 Å². The summed E-state index contributed by atoms with van der Waals surface area (Å²) >= 11 is 0. The zero-order chi connectivity index (χ0) is 7.56. The summed E-state index contributed by atoms with van der Waals surface area (Å²) in [6.07, 6.45) is 0. The summed E-state index contributed by atoms with van der Waals surface area (Å²) in [6, 6.07) is 9.37. The molecular formula is C10H13W-. The van der Waals surface area contributed by atoms with Crippen molar-refractivity contribution >= 4 is 0 Å². The molecule has 0 N–H and O–H groups in total. The maximum atomic E-state index is 3.24. The molecule has 0 aromatic heterocycles. The van der Waals surface area contributed by atoms with Crippen molar-refractivity contribution in [2.24, 2.45) is 0 Å². The Balaban J connectivity index is 0.000001000. The van der Waals surface area contributed by atoms with Gasteiger partial charge in [-0.3, -0.25) is 0 Å². The number of hydrogen-bond donors (Lipinski definition) is 0. The van der Waals surface area contributed by atoms with E-state index in [1.54, 1.807) is 0 Å². The van der Waals surface area contributed by atoms with Crippen LogP contribution < -0.4 is 0 Å². The first-order valence-electron chi connectivity index (χ1n) is 3.69. The summed E-state index contributed by atoms with van der Waals surface area (Å²) in [5.41, 5.74) is 2.68. The van der Waals surface area contributed by atoms with E-state index in [0.717, 1.165) is 0 Å². The molecule has 0 saturated carbocycles. The van der Waals surface area contributed by atoms with Crippen molar-refractivity contribution in [2.75, 3.05) is 0 Å². The van der Waals surface area contributed by atoms with Crippen molar-refractivity contribution in [2.45, 2.75) is 26.7 Å². The molecule has 0 amide bonds. The van der Waals surface area contributed by atoms with E-state index in [9.17, 15) is 0 Å². The van der Waals surface area contributed by atoms with Crippen LogP contribution >= 0.6 is 0 Å². The molecule has 1 aromatic rings. The fourth-order valence-electron chi connectivity index (χ4n) is 1.16. The van der Waals surface area contributed by atoms with E-state index in [1.165, 1.54) is 11.1 Å². The molecule has 0 fully saturated rings. The third-order valence-electron chi connectivity index (χ3n) is 1.68. The van der Waals surface area contributed by atoms with E-state index < -0.39 is 0 Å². The van der Waals surface area contributed by atoms with Crippen LogP contribution in [0.4, 0.5) is 0 Å². The molecule has 1 rings (SSSR count). The zero-order valence-electron chi connectivity index (χ0n) is 7.22. The van der Waals surface area contributed by atoms with Crippen molar-refractivity contribution in [3.8, 4) is 0 Å². The molecule has 0 unspecified atom stereocenters. The van der Waals surface area contributed by atoms with Crippen molar-refractivity contribution in [1.82, 2.24) is 0 Å². The van der Waals surface area contributed by atoms with Gasteiger partial charge < -0.3 is 0 Å². The van der Waals surface area contributed by atoms with Crippen LogP contribution in [0.2, 0.25) is 0 Å². The summed E-state index contributed by atoms with van der Waals surface area (Å²) in [5.74, 6) is 0.598. The molecule has 0 nitrogen and oxygen atoms in total. The minimum atomic E-state index is 0. The van der Waals surface area contributed by atoms with Gasteiger partial charge in [0, 0.05) is 21.1 Å². The molecular weight excluding hydrogens is 304 g/mol. The van der Waals surface area contributed by atoms with Gasteiger partial charge >= 0.3 is 0 Å². The first kappa shape index (κ1) is 10.9. The van der Waals surface area contributed by atoms with Gasteiger partial charge in [-0.05, 0) is 5.92 Å². The van der Waals surface area contributed by atoms with E-state index in [1.807, 2.05) is 12.1 Å². The molecule has 0 atom stereocenters. The molecule has 0 bridgehead atoms. The Morgan fingerprint density at radius 2 is 2.00 bits per heavy atom. The maximum Gasteiger partial charge on any atom is 0 e. The third-order valence-corrected chi connectivity index (χ3v) is 1.68. The van der Waals surface area contributed by atoms with Crippen molar-refractivity contribution in [3.63, 3.8) is 0 Å².